The summed E-state index contributed by atoms with van der Waals surface area (Å²) in [5, 5.41) is 12.6. The fraction of sp³-hybridized carbons (Fsp3) is 0.0526. The molecule has 0 bridgehead atoms. The zero-order chi connectivity index (χ0) is 14.4. The summed E-state index contributed by atoms with van der Waals surface area (Å²) < 4.78 is 0. The number of hydrogen-bond acceptors (Lipinski definition) is 1. The Labute approximate surface area is 122 Å². The number of rotatable bonds is 1. The SMILES string of the molecule is Cc1ccc(O)c(-c2cccc3c2[nH]c2ccccc23)c1. The van der Waals surface area contributed by atoms with Crippen molar-refractivity contribution in [1.82, 2.24) is 4.98 Å². The van der Waals surface area contributed by atoms with Gasteiger partial charge in [0.15, 0.2) is 0 Å². The Morgan fingerprint density at radius 3 is 2.52 bits per heavy atom. The Morgan fingerprint density at radius 2 is 1.62 bits per heavy atom. The van der Waals surface area contributed by atoms with Crippen molar-refractivity contribution in [2.45, 2.75) is 6.92 Å². The Kier molecular flexibility index (Phi) is 2.51. The van der Waals surface area contributed by atoms with Crippen molar-refractivity contribution in [3.05, 3.63) is 66.2 Å². The Morgan fingerprint density at radius 1 is 0.810 bits per heavy atom. The molecule has 0 fully saturated rings. The summed E-state index contributed by atoms with van der Waals surface area (Å²) in [6.45, 7) is 2.04. The summed E-state index contributed by atoms with van der Waals surface area (Å²) in [7, 11) is 0. The fourth-order valence-corrected chi connectivity index (χ4v) is 2.96. The summed E-state index contributed by atoms with van der Waals surface area (Å²) in [5.41, 5.74) is 5.22. The van der Waals surface area contributed by atoms with Gasteiger partial charge < -0.3 is 10.1 Å². The minimum Gasteiger partial charge on any atom is -0.507 e. The lowest BCUT2D eigenvalue weighted by Crippen LogP contribution is -1.83. The van der Waals surface area contributed by atoms with E-state index in [1.807, 2.05) is 43.3 Å². The van der Waals surface area contributed by atoms with E-state index in [0.717, 1.165) is 27.7 Å². The summed E-state index contributed by atoms with van der Waals surface area (Å²) in [5.74, 6) is 0.312. The van der Waals surface area contributed by atoms with Crippen molar-refractivity contribution in [1.29, 1.82) is 0 Å². The highest BCUT2D eigenvalue weighted by Gasteiger charge is 2.11. The molecule has 0 saturated heterocycles. The predicted octanol–water partition coefficient (Wildman–Crippen LogP) is 5.00. The Hall–Kier alpha value is -2.74. The van der Waals surface area contributed by atoms with E-state index in [1.54, 1.807) is 6.07 Å². The van der Waals surface area contributed by atoms with Gasteiger partial charge in [-0.3, -0.25) is 0 Å². The molecule has 4 rings (SSSR count). The van der Waals surface area contributed by atoms with Gasteiger partial charge >= 0.3 is 0 Å². The van der Waals surface area contributed by atoms with Crippen LogP contribution >= 0.6 is 0 Å². The summed E-state index contributed by atoms with van der Waals surface area (Å²) in [6, 6.07) is 20.2. The number of benzene rings is 3. The van der Waals surface area contributed by atoms with Crippen molar-refractivity contribution in [3.63, 3.8) is 0 Å². The van der Waals surface area contributed by atoms with Crippen LogP contribution < -0.4 is 0 Å². The molecule has 3 aromatic carbocycles. The van der Waals surface area contributed by atoms with Crippen LogP contribution in [-0.2, 0) is 0 Å². The van der Waals surface area contributed by atoms with Crippen LogP contribution in [0.4, 0.5) is 0 Å². The lowest BCUT2D eigenvalue weighted by molar-refractivity contribution is 0.477. The lowest BCUT2D eigenvalue weighted by Gasteiger charge is -2.07. The van der Waals surface area contributed by atoms with Gasteiger partial charge in [-0.05, 0) is 25.1 Å². The molecular weight excluding hydrogens is 258 g/mol. The number of aromatic nitrogens is 1. The highest BCUT2D eigenvalue weighted by atomic mass is 16.3. The molecule has 2 nitrogen and oxygen atoms in total. The molecule has 0 aliphatic heterocycles. The quantitative estimate of drug-likeness (QED) is 0.503. The second-order valence-electron chi connectivity index (χ2n) is 5.42. The first-order chi connectivity index (χ1) is 10.2. The normalized spacial score (nSPS) is 11.3. The number of phenolic OH excluding ortho intramolecular Hbond substituents is 1. The van der Waals surface area contributed by atoms with Gasteiger partial charge in [0.1, 0.15) is 5.75 Å². The third-order valence-electron chi connectivity index (χ3n) is 3.98. The number of H-pyrrole nitrogens is 1. The molecule has 102 valence electrons. The van der Waals surface area contributed by atoms with Crippen molar-refractivity contribution < 1.29 is 5.11 Å². The number of phenols is 1. The number of aromatic hydroxyl groups is 1. The van der Waals surface area contributed by atoms with Gasteiger partial charge in [-0.15, -0.1) is 0 Å². The molecule has 0 atom stereocenters. The van der Waals surface area contributed by atoms with Crippen LogP contribution in [0.5, 0.6) is 5.75 Å². The van der Waals surface area contributed by atoms with E-state index in [1.165, 1.54) is 10.8 Å². The highest BCUT2D eigenvalue weighted by Crippen LogP contribution is 2.37. The maximum Gasteiger partial charge on any atom is 0.123 e. The highest BCUT2D eigenvalue weighted by molar-refractivity contribution is 6.12. The van der Waals surface area contributed by atoms with Crippen LogP contribution in [0.25, 0.3) is 32.9 Å². The van der Waals surface area contributed by atoms with Crippen LogP contribution in [0.3, 0.4) is 0 Å². The topological polar surface area (TPSA) is 36.0 Å². The van der Waals surface area contributed by atoms with Gasteiger partial charge in [-0.25, -0.2) is 0 Å². The maximum atomic E-state index is 10.2. The molecule has 21 heavy (non-hydrogen) atoms. The molecule has 0 spiro atoms. The van der Waals surface area contributed by atoms with E-state index in [4.69, 9.17) is 0 Å². The minimum atomic E-state index is 0.312. The zero-order valence-corrected chi connectivity index (χ0v) is 11.7. The monoisotopic (exact) mass is 273 g/mol. The largest absolute Gasteiger partial charge is 0.507 e. The second-order valence-corrected chi connectivity index (χ2v) is 5.42. The third kappa shape index (κ3) is 1.80. The molecule has 2 heteroatoms. The summed E-state index contributed by atoms with van der Waals surface area (Å²) in [6.07, 6.45) is 0. The van der Waals surface area contributed by atoms with E-state index < -0.39 is 0 Å². The average Bonchev–Trinajstić information content (AvgIpc) is 2.88. The molecule has 1 aromatic heterocycles. The molecule has 0 saturated carbocycles. The molecule has 4 aromatic rings. The number of para-hydroxylation sites is 2. The van der Waals surface area contributed by atoms with Crippen LogP contribution in [0.1, 0.15) is 5.56 Å². The number of fused-ring (bicyclic) bond motifs is 3. The van der Waals surface area contributed by atoms with E-state index in [-0.39, 0.29) is 0 Å². The molecule has 1 heterocycles. The molecular formula is C19H15NO. The van der Waals surface area contributed by atoms with E-state index in [9.17, 15) is 5.11 Å². The van der Waals surface area contributed by atoms with Gasteiger partial charge in [0.2, 0.25) is 0 Å². The van der Waals surface area contributed by atoms with E-state index in [0.29, 0.717) is 5.75 Å². The van der Waals surface area contributed by atoms with Crippen LogP contribution in [-0.4, -0.2) is 10.1 Å². The summed E-state index contributed by atoms with van der Waals surface area (Å²) in [4.78, 5) is 3.48. The van der Waals surface area contributed by atoms with Crippen molar-refractivity contribution >= 4 is 21.8 Å². The molecule has 2 N–H and O–H groups in total. The van der Waals surface area contributed by atoms with Gasteiger partial charge in [-0.2, -0.15) is 0 Å². The first-order valence-corrected chi connectivity index (χ1v) is 7.03. The zero-order valence-electron chi connectivity index (χ0n) is 11.7. The van der Waals surface area contributed by atoms with E-state index in [2.05, 4.69) is 23.2 Å². The third-order valence-corrected chi connectivity index (χ3v) is 3.98. The van der Waals surface area contributed by atoms with Gasteiger partial charge in [0.05, 0.1) is 5.52 Å². The van der Waals surface area contributed by atoms with Crippen LogP contribution in [0, 0.1) is 6.92 Å². The standard InChI is InChI=1S/C19H15NO/c1-12-9-10-18(21)16(11-12)15-7-4-6-14-13-5-2-3-8-17(13)20-19(14)15/h2-11,20-21H,1H3. The van der Waals surface area contributed by atoms with Crippen molar-refractivity contribution in [2.75, 3.05) is 0 Å². The number of nitrogens with one attached hydrogen (secondary N) is 1. The lowest BCUT2D eigenvalue weighted by atomic mass is 9.99. The average molecular weight is 273 g/mol. The smallest absolute Gasteiger partial charge is 0.123 e. The molecule has 0 unspecified atom stereocenters. The minimum absolute atomic E-state index is 0.312. The molecule has 0 radical (unpaired) electrons. The number of aryl methyl sites for hydroxylation is 1. The van der Waals surface area contributed by atoms with E-state index >= 15 is 0 Å². The van der Waals surface area contributed by atoms with Crippen molar-refractivity contribution in [3.8, 4) is 16.9 Å². The number of aromatic amines is 1. The Balaban J connectivity index is 2.12. The molecule has 0 amide bonds. The first-order valence-electron chi connectivity index (χ1n) is 7.03. The summed E-state index contributed by atoms with van der Waals surface area (Å²) >= 11 is 0. The number of hydrogen-bond donors (Lipinski definition) is 2. The maximum absolute atomic E-state index is 10.2. The van der Waals surface area contributed by atoms with Crippen molar-refractivity contribution in [2.24, 2.45) is 0 Å². The fourth-order valence-electron chi connectivity index (χ4n) is 2.96. The van der Waals surface area contributed by atoms with Gasteiger partial charge in [0, 0.05) is 27.4 Å². The molecule has 0 aliphatic carbocycles. The van der Waals surface area contributed by atoms with Gasteiger partial charge in [0.25, 0.3) is 0 Å². The van der Waals surface area contributed by atoms with Crippen LogP contribution in [0.2, 0.25) is 0 Å². The van der Waals surface area contributed by atoms with Crippen LogP contribution in [0.15, 0.2) is 60.7 Å². The van der Waals surface area contributed by atoms with Gasteiger partial charge in [-0.1, -0.05) is 48.0 Å². The first kappa shape index (κ1) is 12.0. The predicted molar refractivity (Wildman–Crippen MR) is 87.6 cm³/mol. The Bertz CT molecular complexity index is 966. The molecule has 0 aliphatic rings. The second kappa shape index (κ2) is 4.38.